The van der Waals surface area contributed by atoms with E-state index in [1.807, 2.05) is 6.92 Å². The summed E-state index contributed by atoms with van der Waals surface area (Å²) in [4.78, 5) is 0. The molecule has 1 fully saturated rings. The third-order valence-corrected chi connectivity index (χ3v) is 2.91. The van der Waals surface area contributed by atoms with E-state index >= 15 is 0 Å². The highest BCUT2D eigenvalue weighted by atomic mass is 16.6. The van der Waals surface area contributed by atoms with Gasteiger partial charge in [0.2, 0.25) is 0 Å². The van der Waals surface area contributed by atoms with Gasteiger partial charge in [0.15, 0.2) is 0 Å². The van der Waals surface area contributed by atoms with Crippen molar-refractivity contribution in [1.29, 1.82) is 0 Å². The maximum atomic E-state index is 5.75. The fourth-order valence-electron chi connectivity index (χ4n) is 1.86. The third-order valence-electron chi connectivity index (χ3n) is 2.91. The minimum atomic E-state index is 0.267. The molecule has 1 aromatic heterocycles. The van der Waals surface area contributed by atoms with Gasteiger partial charge in [-0.25, -0.2) is 0 Å². The van der Waals surface area contributed by atoms with Crippen LogP contribution in [0.1, 0.15) is 23.0 Å². The molecule has 2 nitrogen and oxygen atoms in total. The van der Waals surface area contributed by atoms with Gasteiger partial charge < -0.3 is 9.15 Å². The topological polar surface area (TPSA) is 25.7 Å². The van der Waals surface area contributed by atoms with E-state index in [0.29, 0.717) is 0 Å². The number of ether oxygens (including phenoxy) is 1. The van der Waals surface area contributed by atoms with E-state index in [0.717, 1.165) is 18.0 Å². The second-order valence-corrected chi connectivity index (χ2v) is 3.83. The van der Waals surface area contributed by atoms with Crippen molar-refractivity contribution in [2.45, 2.75) is 20.0 Å². The second-order valence-electron chi connectivity index (χ2n) is 3.83. The largest absolute Gasteiger partial charge is 0.461 e. The van der Waals surface area contributed by atoms with E-state index in [9.17, 15) is 0 Å². The molecule has 2 aromatic rings. The molecule has 0 bridgehead atoms. The van der Waals surface area contributed by atoms with Gasteiger partial charge in [0, 0.05) is 10.9 Å². The van der Waals surface area contributed by atoms with Crippen LogP contribution in [0, 0.1) is 13.8 Å². The summed E-state index contributed by atoms with van der Waals surface area (Å²) >= 11 is 0. The molecule has 14 heavy (non-hydrogen) atoms. The molecule has 1 saturated heterocycles. The fraction of sp³-hybridized carbons (Fsp3) is 0.333. The molecular formula is C12H12O2. The van der Waals surface area contributed by atoms with Crippen molar-refractivity contribution in [2.75, 3.05) is 6.61 Å². The quantitative estimate of drug-likeness (QED) is 0.642. The van der Waals surface area contributed by atoms with E-state index in [2.05, 4.69) is 25.1 Å². The SMILES string of the molecule is Cc1oc2c(C3CO3)cccc2c1C. The average molecular weight is 188 g/mol. The smallest absolute Gasteiger partial charge is 0.140 e. The molecule has 0 aliphatic carbocycles. The molecule has 0 amide bonds. The maximum Gasteiger partial charge on any atom is 0.140 e. The number of benzene rings is 1. The van der Waals surface area contributed by atoms with E-state index in [1.54, 1.807) is 0 Å². The Morgan fingerprint density at radius 3 is 2.79 bits per heavy atom. The molecule has 1 aromatic carbocycles. The van der Waals surface area contributed by atoms with Crippen molar-refractivity contribution in [3.63, 3.8) is 0 Å². The summed E-state index contributed by atoms with van der Waals surface area (Å²) in [6, 6.07) is 6.26. The number of aryl methyl sites for hydroxylation is 2. The van der Waals surface area contributed by atoms with Gasteiger partial charge in [0.1, 0.15) is 17.4 Å². The van der Waals surface area contributed by atoms with Crippen LogP contribution in [0.25, 0.3) is 11.0 Å². The molecule has 0 N–H and O–H groups in total. The number of hydrogen-bond acceptors (Lipinski definition) is 2. The molecule has 1 aliphatic rings. The van der Waals surface area contributed by atoms with E-state index in [1.165, 1.54) is 16.5 Å². The summed E-state index contributed by atoms with van der Waals surface area (Å²) in [7, 11) is 0. The van der Waals surface area contributed by atoms with Gasteiger partial charge in [-0.1, -0.05) is 18.2 Å². The van der Waals surface area contributed by atoms with Crippen molar-refractivity contribution in [1.82, 2.24) is 0 Å². The molecule has 0 radical (unpaired) electrons. The number of furan rings is 1. The lowest BCUT2D eigenvalue weighted by Gasteiger charge is -1.96. The zero-order valence-corrected chi connectivity index (χ0v) is 8.33. The zero-order chi connectivity index (χ0) is 9.71. The first-order chi connectivity index (χ1) is 6.77. The number of fused-ring (bicyclic) bond motifs is 1. The van der Waals surface area contributed by atoms with Gasteiger partial charge in [0.25, 0.3) is 0 Å². The monoisotopic (exact) mass is 188 g/mol. The summed E-state index contributed by atoms with van der Waals surface area (Å²) in [5.74, 6) is 1.01. The number of rotatable bonds is 1. The van der Waals surface area contributed by atoms with Crippen LogP contribution >= 0.6 is 0 Å². The number of para-hydroxylation sites is 1. The first-order valence-electron chi connectivity index (χ1n) is 4.87. The fourth-order valence-corrected chi connectivity index (χ4v) is 1.86. The second kappa shape index (κ2) is 2.61. The Balaban J connectivity index is 2.35. The lowest BCUT2D eigenvalue weighted by Crippen LogP contribution is -1.80. The molecule has 2 heterocycles. The van der Waals surface area contributed by atoms with Crippen molar-refractivity contribution in [3.8, 4) is 0 Å². The molecule has 0 spiro atoms. The Morgan fingerprint density at radius 2 is 2.07 bits per heavy atom. The standard InChI is InChI=1S/C12H12O2/c1-7-8(2)14-12-9(7)4-3-5-10(12)11-6-13-11/h3-5,11H,6H2,1-2H3. The van der Waals surface area contributed by atoms with Crippen molar-refractivity contribution >= 4 is 11.0 Å². The highest BCUT2D eigenvalue weighted by molar-refractivity contribution is 5.85. The van der Waals surface area contributed by atoms with Crippen molar-refractivity contribution < 1.29 is 9.15 Å². The van der Waals surface area contributed by atoms with E-state index < -0.39 is 0 Å². The lowest BCUT2D eigenvalue weighted by molar-refractivity contribution is 0.414. The Morgan fingerprint density at radius 1 is 1.29 bits per heavy atom. The Hall–Kier alpha value is -1.28. The van der Waals surface area contributed by atoms with Gasteiger partial charge in [0.05, 0.1) is 6.61 Å². The highest BCUT2D eigenvalue weighted by Crippen LogP contribution is 2.37. The molecular weight excluding hydrogens is 176 g/mol. The van der Waals surface area contributed by atoms with Gasteiger partial charge in [-0.15, -0.1) is 0 Å². The third kappa shape index (κ3) is 1.01. The molecule has 3 rings (SSSR count). The predicted octanol–water partition coefficient (Wildman–Crippen LogP) is 3.12. The number of epoxide rings is 1. The van der Waals surface area contributed by atoms with Gasteiger partial charge in [-0.05, 0) is 19.4 Å². The molecule has 72 valence electrons. The maximum absolute atomic E-state index is 5.75. The Labute approximate surface area is 82.5 Å². The summed E-state index contributed by atoms with van der Waals surface area (Å²) in [6.07, 6.45) is 0.267. The first-order valence-corrected chi connectivity index (χ1v) is 4.87. The number of hydrogen-bond donors (Lipinski definition) is 0. The van der Waals surface area contributed by atoms with Crippen LogP contribution in [0.5, 0.6) is 0 Å². The molecule has 1 atom stereocenters. The van der Waals surface area contributed by atoms with Crippen LogP contribution in [0.4, 0.5) is 0 Å². The zero-order valence-electron chi connectivity index (χ0n) is 8.33. The van der Waals surface area contributed by atoms with Crippen molar-refractivity contribution in [3.05, 3.63) is 35.1 Å². The summed E-state index contributed by atoms with van der Waals surface area (Å²) in [5, 5.41) is 1.22. The van der Waals surface area contributed by atoms with Crippen LogP contribution in [-0.2, 0) is 4.74 Å². The van der Waals surface area contributed by atoms with Crippen LogP contribution in [-0.4, -0.2) is 6.61 Å². The van der Waals surface area contributed by atoms with E-state index in [-0.39, 0.29) is 6.10 Å². The average Bonchev–Trinajstić information content (AvgIpc) is 2.96. The molecule has 1 unspecified atom stereocenters. The minimum Gasteiger partial charge on any atom is -0.461 e. The molecule has 2 heteroatoms. The van der Waals surface area contributed by atoms with Crippen LogP contribution in [0.3, 0.4) is 0 Å². The normalized spacial score (nSPS) is 20.3. The predicted molar refractivity (Wildman–Crippen MR) is 54.4 cm³/mol. The van der Waals surface area contributed by atoms with Crippen LogP contribution in [0.15, 0.2) is 22.6 Å². The highest BCUT2D eigenvalue weighted by Gasteiger charge is 2.28. The van der Waals surface area contributed by atoms with Crippen LogP contribution in [0.2, 0.25) is 0 Å². The minimum absolute atomic E-state index is 0.267. The summed E-state index contributed by atoms with van der Waals surface area (Å²) in [6.45, 7) is 4.93. The Kier molecular flexibility index (Phi) is 1.50. The lowest BCUT2D eigenvalue weighted by atomic mass is 10.1. The summed E-state index contributed by atoms with van der Waals surface area (Å²) < 4.78 is 11.0. The van der Waals surface area contributed by atoms with Gasteiger partial charge in [-0.3, -0.25) is 0 Å². The molecule has 1 aliphatic heterocycles. The molecule has 0 saturated carbocycles. The van der Waals surface area contributed by atoms with Gasteiger partial charge >= 0.3 is 0 Å². The van der Waals surface area contributed by atoms with Gasteiger partial charge in [-0.2, -0.15) is 0 Å². The van der Waals surface area contributed by atoms with Crippen molar-refractivity contribution in [2.24, 2.45) is 0 Å². The Bertz CT molecular complexity index is 492. The first kappa shape index (κ1) is 8.06. The van der Waals surface area contributed by atoms with E-state index in [4.69, 9.17) is 9.15 Å². The van der Waals surface area contributed by atoms with Crippen LogP contribution < -0.4 is 0 Å². The summed E-state index contributed by atoms with van der Waals surface area (Å²) in [5.41, 5.74) is 3.44.